The Morgan fingerprint density at radius 1 is 1.33 bits per heavy atom. The average Bonchev–Trinajstić information content (AvgIpc) is 2.37. The van der Waals surface area contributed by atoms with E-state index in [1.807, 2.05) is 31.2 Å². The van der Waals surface area contributed by atoms with Gasteiger partial charge in [-0.25, -0.2) is 0 Å². The van der Waals surface area contributed by atoms with Gasteiger partial charge >= 0.3 is 0 Å². The van der Waals surface area contributed by atoms with Gasteiger partial charge in [0.15, 0.2) is 0 Å². The number of unbranched alkanes of at least 4 members (excludes halogenated alkanes) is 1. The van der Waals surface area contributed by atoms with Crippen LogP contribution in [-0.4, -0.2) is 19.0 Å². The van der Waals surface area contributed by atoms with Crippen LogP contribution in [0.1, 0.15) is 38.3 Å². The number of carbonyl (C=O) groups excluding carboxylic acids is 1. The van der Waals surface area contributed by atoms with Gasteiger partial charge < -0.3 is 10.6 Å². The maximum Gasteiger partial charge on any atom is 0.233 e. The topological polar surface area (TPSA) is 41.1 Å². The highest BCUT2D eigenvalue weighted by Gasteiger charge is 2.07. The maximum absolute atomic E-state index is 11.5. The van der Waals surface area contributed by atoms with Crippen molar-refractivity contribution < 1.29 is 4.79 Å². The minimum Gasteiger partial charge on any atom is -0.355 e. The van der Waals surface area contributed by atoms with Crippen LogP contribution in [0.3, 0.4) is 0 Å². The molecule has 1 rings (SSSR count). The van der Waals surface area contributed by atoms with Crippen molar-refractivity contribution in [1.82, 2.24) is 10.6 Å². The van der Waals surface area contributed by atoms with Gasteiger partial charge in [-0.1, -0.05) is 37.1 Å². The van der Waals surface area contributed by atoms with Crippen LogP contribution in [0, 0.1) is 0 Å². The monoisotopic (exact) mass is 268 g/mol. The molecular formula is C14H21ClN2O. The zero-order chi connectivity index (χ0) is 13.4. The van der Waals surface area contributed by atoms with Gasteiger partial charge in [0, 0.05) is 17.6 Å². The summed E-state index contributed by atoms with van der Waals surface area (Å²) in [5, 5.41) is 6.79. The molecule has 0 heterocycles. The third-order valence-corrected chi connectivity index (χ3v) is 3.04. The van der Waals surface area contributed by atoms with Crippen LogP contribution in [0.4, 0.5) is 0 Å². The lowest BCUT2D eigenvalue weighted by molar-refractivity contribution is -0.120. The van der Waals surface area contributed by atoms with Gasteiger partial charge in [-0.3, -0.25) is 4.79 Å². The summed E-state index contributed by atoms with van der Waals surface area (Å²) in [5.74, 6) is 0.0456. The van der Waals surface area contributed by atoms with Gasteiger partial charge in [0.1, 0.15) is 0 Å². The standard InChI is InChI=1S/C14H21ClN2O/c1-3-4-9-16-14(18)10-17-11(2)12-5-7-13(15)8-6-12/h5-8,11,17H,3-4,9-10H2,1-2H3,(H,16,18)/t11-/m0/s1. The van der Waals surface area contributed by atoms with Gasteiger partial charge in [0.2, 0.25) is 5.91 Å². The second kappa shape index (κ2) is 8.11. The molecular weight excluding hydrogens is 248 g/mol. The van der Waals surface area contributed by atoms with Gasteiger partial charge in [-0.05, 0) is 31.0 Å². The summed E-state index contributed by atoms with van der Waals surface area (Å²) < 4.78 is 0. The van der Waals surface area contributed by atoms with E-state index in [0.717, 1.165) is 30.0 Å². The third kappa shape index (κ3) is 5.52. The number of hydrogen-bond donors (Lipinski definition) is 2. The summed E-state index contributed by atoms with van der Waals surface area (Å²) in [5.41, 5.74) is 1.13. The second-order valence-electron chi connectivity index (χ2n) is 4.36. The quantitative estimate of drug-likeness (QED) is 0.747. The molecule has 0 aromatic heterocycles. The summed E-state index contributed by atoms with van der Waals surface area (Å²) in [4.78, 5) is 11.5. The van der Waals surface area contributed by atoms with Crippen molar-refractivity contribution in [3.8, 4) is 0 Å². The number of carbonyl (C=O) groups is 1. The second-order valence-corrected chi connectivity index (χ2v) is 4.79. The SMILES string of the molecule is CCCCNC(=O)CN[C@@H](C)c1ccc(Cl)cc1. The molecule has 0 saturated carbocycles. The Bertz CT molecular complexity index is 365. The molecule has 0 spiro atoms. The van der Waals surface area contributed by atoms with E-state index in [9.17, 15) is 4.79 Å². The van der Waals surface area contributed by atoms with Crippen LogP contribution >= 0.6 is 11.6 Å². The molecule has 0 aliphatic rings. The highest BCUT2D eigenvalue weighted by Crippen LogP contribution is 2.15. The van der Waals surface area contributed by atoms with Crippen LogP contribution < -0.4 is 10.6 Å². The van der Waals surface area contributed by atoms with E-state index in [0.29, 0.717) is 6.54 Å². The van der Waals surface area contributed by atoms with Gasteiger partial charge in [-0.2, -0.15) is 0 Å². The van der Waals surface area contributed by atoms with Crippen molar-refractivity contribution in [3.63, 3.8) is 0 Å². The summed E-state index contributed by atoms with van der Waals surface area (Å²) >= 11 is 5.83. The minimum absolute atomic E-state index is 0.0456. The number of halogens is 1. The maximum atomic E-state index is 11.5. The molecule has 0 radical (unpaired) electrons. The first-order valence-corrected chi connectivity index (χ1v) is 6.76. The molecule has 0 fully saturated rings. The van der Waals surface area contributed by atoms with Crippen molar-refractivity contribution in [2.75, 3.05) is 13.1 Å². The van der Waals surface area contributed by atoms with Crippen molar-refractivity contribution in [3.05, 3.63) is 34.9 Å². The van der Waals surface area contributed by atoms with E-state index >= 15 is 0 Å². The summed E-state index contributed by atoms with van der Waals surface area (Å²) in [6.07, 6.45) is 2.12. The van der Waals surface area contributed by atoms with Crippen molar-refractivity contribution in [2.45, 2.75) is 32.7 Å². The molecule has 0 bridgehead atoms. The summed E-state index contributed by atoms with van der Waals surface area (Å²) in [6.45, 7) is 5.23. The molecule has 1 aromatic rings. The zero-order valence-corrected chi connectivity index (χ0v) is 11.8. The third-order valence-electron chi connectivity index (χ3n) is 2.79. The number of rotatable bonds is 7. The van der Waals surface area contributed by atoms with E-state index < -0.39 is 0 Å². The highest BCUT2D eigenvalue weighted by atomic mass is 35.5. The molecule has 4 heteroatoms. The molecule has 0 saturated heterocycles. The Morgan fingerprint density at radius 3 is 2.61 bits per heavy atom. The van der Waals surface area contributed by atoms with E-state index in [1.54, 1.807) is 0 Å². The fourth-order valence-electron chi connectivity index (χ4n) is 1.58. The molecule has 0 unspecified atom stereocenters. The lowest BCUT2D eigenvalue weighted by atomic mass is 10.1. The predicted octanol–water partition coefficient (Wildman–Crippen LogP) is 2.91. The summed E-state index contributed by atoms with van der Waals surface area (Å²) in [7, 11) is 0. The molecule has 0 aliphatic heterocycles. The van der Waals surface area contributed by atoms with Crippen LogP contribution in [-0.2, 0) is 4.79 Å². The lowest BCUT2D eigenvalue weighted by Gasteiger charge is -2.14. The van der Waals surface area contributed by atoms with Crippen molar-refractivity contribution in [1.29, 1.82) is 0 Å². The normalized spacial score (nSPS) is 12.2. The van der Waals surface area contributed by atoms with Crippen LogP contribution in [0.5, 0.6) is 0 Å². The Balaban J connectivity index is 2.30. The number of benzene rings is 1. The largest absolute Gasteiger partial charge is 0.355 e. The zero-order valence-electron chi connectivity index (χ0n) is 11.0. The first kappa shape index (κ1) is 15.0. The van der Waals surface area contributed by atoms with Crippen molar-refractivity contribution >= 4 is 17.5 Å². The Kier molecular flexibility index (Phi) is 6.76. The van der Waals surface area contributed by atoms with Gasteiger partial charge in [0.25, 0.3) is 0 Å². The Morgan fingerprint density at radius 2 is 2.00 bits per heavy atom. The lowest BCUT2D eigenvalue weighted by Crippen LogP contribution is -2.35. The van der Waals surface area contributed by atoms with E-state index in [2.05, 4.69) is 17.6 Å². The van der Waals surface area contributed by atoms with E-state index in [4.69, 9.17) is 11.6 Å². The van der Waals surface area contributed by atoms with E-state index in [-0.39, 0.29) is 11.9 Å². The molecule has 1 atom stereocenters. The van der Waals surface area contributed by atoms with Gasteiger partial charge in [-0.15, -0.1) is 0 Å². The molecule has 1 amide bonds. The first-order valence-electron chi connectivity index (χ1n) is 6.39. The predicted molar refractivity (Wildman–Crippen MR) is 75.8 cm³/mol. The fraction of sp³-hybridized carbons (Fsp3) is 0.500. The van der Waals surface area contributed by atoms with Crippen molar-refractivity contribution in [2.24, 2.45) is 0 Å². The highest BCUT2D eigenvalue weighted by molar-refractivity contribution is 6.30. The Labute approximate surface area is 114 Å². The van der Waals surface area contributed by atoms with Gasteiger partial charge in [0.05, 0.1) is 6.54 Å². The van der Waals surface area contributed by atoms with Crippen LogP contribution in [0.25, 0.3) is 0 Å². The first-order chi connectivity index (χ1) is 8.63. The molecule has 3 nitrogen and oxygen atoms in total. The van der Waals surface area contributed by atoms with Crippen LogP contribution in [0.15, 0.2) is 24.3 Å². The van der Waals surface area contributed by atoms with E-state index in [1.165, 1.54) is 0 Å². The molecule has 2 N–H and O–H groups in total. The molecule has 100 valence electrons. The minimum atomic E-state index is 0.0456. The fourth-order valence-corrected chi connectivity index (χ4v) is 1.71. The van der Waals surface area contributed by atoms with Crippen LogP contribution in [0.2, 0.25) is 5.02 Å². The Hall–Kier alpha value is -1.06. The number of hydrogen-bond acceptors (Lipinski definition) is 2. The summed E-state index contributed by atoms with van der Waals surface area (Å²) in [6, 6.07) is 7.79. The molecule has 18 heavy (non-hydrogen) atoms. The molecule has 0 aliphatic carbocycles. The number of amides is 1. The average molecular weight is 269 g/mol. The number of nitrogens with one attached hydrogen (secondary N) is 2. The molecule has 1 aromatic carbocycles. The smallest absolute Gasteiger partial charge is 0.233 e.